The number of hydrogen-bond donors (Lipinski definition) is 1. The lowest BCUT2D eigenvalue weighted by Crippen LogP contribution is -2.42. The van der Waals surface area contributed by atoms with Crippen molar-refractivity contribution in [1.82, 2.24) is 14.2 Å². The van der Waals surface area contributed by atoms with Crippen molar-refractivity contribution in [2.24, 2.45) is 0 Å². The predicted molar refractivity (Wildman–Crippen MR) is 154 cm³/mol. The Balaban J connectivity index is 1.99. The second-order valence-corrected chi connectivity index (χ2v) is 11.2. The van der Waals surface area contributed by atoms with E-state index in [2.05, 4.69) is 22.3 Å². The Morgan fingerprint density at radius 3 is 2.56 bits per heavy atom. The van der Waals surface area contributed by atoms with Crippen LogP contribution in [0, 0.1) is 11.3 Å². The van der Waals surface area contributed by atoms with Crippen LogP contribution in [0.3, 0.4) is 0 Å². The number of rotatable bonds is 15. The number of ether oxygens (including phenoxy) is 3. The number of carbonyl (C=O) groups excluding carboxylic acids is 1. The van der Waals surface area contributed by atoms with E-state index in [1.807, 2.05) is 27.7 Å². The van der Waals surface area contributed by atoms with Crippen LogP contribution in [-0.2, 0) is 23.3 Å². The Labute approximate surface area is 241 Å². The van der Waals surface area contributed by atoms with Crippen LogP contribution in [0.4, 0.5) is 5.82 Å². The summed E-state index contributed by atoms with van der Waals surface area (Å²) in [5.74, 6) is -0.474. The molecule has 1 aromatic carbocycles. The van der Waals surface area contributed by atoms with Crippen LogP contribution in [0.25, 0.3) is 0 Å². The van der Waals surface area contributed by atoms with Crippen LogP contribution >= 0.6 is 8.53 Å². The molecule has 0 radical (unpaired) electrons. The van der Waals surface area contributed by atoms with E-state index in [0.29, 0.717) is 5.56 Å². The molecule has 1 aliphatic heterocycles. The van der Waals surface area contributed by atoms with Gasteiger partial charge in [-0.05, 0) is 45.9 Å². The number of nitrogens with two attached hydrogens (primary N) is 1. The Morgan fingerprint density at radius 1 is 1.24 bits per heavy atom. The molecule has 0 aliphatic carbocycles. The van der Waals surface area contributed by atoms with Crippen molar-refractivity contribution in [3.8, 4) is 6.07 Å². The molecule has 0 saturated carbocycles. The molecule has 222 valence electrons. The lowest BCUT2D eigenvalue weighted by atomic mass is 10.1. The monoisotopic (exact) mass is 587 g/mol. The van der Waals surface area contributed by atoms with E-state index in [4.69, 9.17) is 34.3 Å². The minimum atomic E-state index is -1.73. The molecule has 5 atom stereocenters. The Bertz CT molecular complexity index is 1230. The van der Waals surface area contributed by atoms with Crippen LogP contribution in [-0.4, -0.2) is 70.4 Å². The maximum atomic E-state index is 12.8. The third-order valence-corrected chi connectivity index (χ3v) is 8.21. The molecule has 1 fully saturated rings. The molecule has 41 heavy (non-hydrogen) atoms. The van der Waals surface area contributed by atoms with Gasteiger partial charge >= 0.3 is 11.7 Å². The summed E-state index contributed by atoms with van der Waals surface area (Å²) in [5, 5.41) is 9.10. The number of esters is 1. The van der Waals surface area contributed by atoms with Gasteiger partial charge in [0.15, 0.2) is 6.23 Å². The highest BCUT2D eigenvalue weighted by Gasteiger charge is 2.50. The molecule has 3 rings (SSSR count). The molecule has 0 amide bonds. The molecule has 13 heteroatoms. The van der Waals surface area contributed by atoms with E-state index in [9.17, 15) is 9.59 Å². The lowest BCUT2D eigenvalue weighted by Gasteiger charge is -2.38. The van der Waals surface area contributed by atoms with Gasteiger partial charge in [0.1, 0.15) is 30.7 Å². The highest BCUT2D eigenvalue weighted by Crippen LogP contribution is 2.50. The van der Waals surface area contributed by atoms with Crippen LogP contribution in [0.1, 0.15) is 50.7 Å². The second kappa shape index (κ2) is 15.7. The first-order chi connectivity index (χ1) is 19.7. The maximum absolute atomic E-state index is 12.8. The highest BCUT2D eigenvalue weighted by molar-refractivity contribution is 7.44. The number of anilines is 1. The third kappa shape index (κ3) is 8.66. The Hall–Kier alpha value is -3.17. The van der Waals surface area contributed by atoms with Gasteiger partial charge in [0.25, 0.3) is 8.53 Å². The molecule has 0 spiro atoms. The van der Waals surface area contributed by atoms with Gasteiger partial charge in [-0.1, -0.05) is 24.3 Å². The predicted octanol–water partition coefficient (Wildman–Crippen LogP) is 3.81. The smallest absolute Gasteiger partial charge is 0.351 e. The first kappa shape index (κ1) is 32.3. The summed E-state index contributed by atoms with van der Waals surface area (Å²) >= 11 is 0. The fourth-order valence-electron chi connectivity index (χ4n) is 4.38. The average molecular weight is 588 g/mol. The van der Waals surface area contributed by atoms with Gasteiger partial charge in [0.2, 0.25) is 0 Å². The first-order valence-corrected chi connectivity index (χ1v) is 14.5. The summed E-state index contributed by atoms with van der Waals surface area (Å²) in [5.41, 5.74) is 5.45. The fraction of sp³-hybridized carbons (Fsp3) is 0.500. The summed E-state index contributed by atoms with van der Waals surface area (Å²) in [6, 6.07) is 12.2. The van der Waals surface area contributed by atoms with E-state index in [-0.39, 0.29) is 44.1 Å². The average Bonchev–Trinajstić information content (AvgIpc) is 3.27. The van der Waals surface area contributed by atoms with Crippen LogP contribution < -0.4 is 11.4 Å². The van der Waals surface area contributed by atoms with Gasteiger partial charge in [0, 0.05) is 18.3 Å². The van der Waals surface area contributed by atoms with Crippen molar-refractivity contribution in [3.05, 3.63) is 71.3 Å². The van der Waals surface area contributed by atoms with Gasteiger partial charge in [-0.3, -0.25) is 4.57 Å². The second-order valence-electron chi connectivity index (χ2n) is 9.78. The molecule has 12 nitrogen and oxygen atoms in total. The largest absolute Gasteiger partial charge is 0.459 e. The summed E-state index contributed by atoms with van der Waals surface area (Å²) in [4.78, 5) is 29.4. The van der Waals surface area contributed by atoms with E-state index in [1.54, 1.807) is 36.4 Å². The third-order valence-electron chi connectivity index (χ3n) is 6.08. The Kier molecular flexibility index (Phi) is 12.4. The zero-order chi connectivity index (χ0) is 29.9. The molecular formula is C28H38N5O7P. The van der Waals surface area contributed by atoms with Crippen molar-refractivity contribution in [2.75, 3.05) is 25.6 Å². The van der Waals surface area contributed by atoms with Gasteiger partial charge in [-0.15, -0.1) is 6.58 Å². The van der Waals surface area contributed by atoms with Gasteiger partial charge < -0.3 is 29.0 Å². The molecule has 2 aromatic rings. The number of nitrogens with zero attached hydrogens (tertiary/aromatic N) is 4. The van der Waals surface area contributed by atoms with Crippen molar-refractivity contribution < 1.29 is 28.1 Å². The van der Waals surface area contributed by atoms with E-state index >= 15 is 0 Å². The van der Waals surface area contributed by atoms with Gasteiger partial charge in [0.05, 0.1) is 31.3 Å². The minimum absolute atomic E-state index is 0.0344. The van der Waals surface area contributed by atoms with Crippen molar-refractivity contribution in [1.29, 1.82) is 5.26 Å². The zero-order valence-corrected chi connectivity index (χ0v) is 24.7. The topological polar surface area (TPSA) is 151 Å². The number of carbonyl (C=O) groups is 1. The maximum Gasteiger partial charge on any atom is 0.351 e. The summed E-state index contributed by atoms with van der Waals surface area (Å²) < 4.78 is 34.1. The first-order valence-electron chi connectivity index (χ1n) is 13.4. The standard InChI is InChI=1S/C28H38N5O7P/c1-6-16-36-25-24(40-41(38-17-10-14-29)33(19(2)3)20(4)5)22(18-37-27(34)21-11-8-7-9-12-21)39-26(25)32-15-13-23(30)31-28(32)35/h6-9,11-13,15,19-20,22,24-26H,1,10,16-18H2,2-5H3,(H2,30,31,35)/t22-,24-,25-,26-,41?/m1/s1. The lowest BCUT2D eigenvalue weighted by molar-refractivity contribution is -0.0705. The zero-order valence-electron chi connectivity index (χ0n) is 23.8. The number of nitriles is 1. The van der Waals surface area contributed by atoms with Crippen LogP contribution in [0.15, 0.2) is 60.0 Å². The quantitative estimate of drug-likeness (QED) is 0.140. The number of aromatic nitrogens is 2. The van der Waals surface area contributed by atoms with Crippen molar-refractivity contribution in [3.63, 3.8) is 0 Å². The Morgan fingerprint density at radius 2 is 1.95 bits per heavy atom. The van der Waals surface area contributed by atoms with Crippen LogP contribution in [0.5, 0.6) is 0 Å². The van der Waals surface area contributed by atoms with Crippen molar-refractivity contribution >= 4 is 20.3 Å². The summed E-state index contributed by atoms with van der Waals surface area (Å²) in [6.07, 6.45) is -0.307. The van der Waals surface area contributed by atoms with E-state index < -0.39 is 44.7 Å². The SMILES string of the molecule is C=CCO[C@@H]1[C@H](OP(OCCC#N)N(C(C)C)C(C)C)[C@@H](COC(=O)c2ccccc2)O[C@H]1n1ccc(N)nc1=O. The normalized spacial score (nSPS) is 21.2. The molecular weight excluding hydrogens is 549 g/mol. The fourth-order valence-corrected chi connectivity index (χ4v) is 6.15. The molecule has 2 N–H and O–H groups in total. The minimum Gasteiger partial charge on any atom is -0.459 e. The van der Waals surface area contributed by atoms with E-state index in [1.165, 1.54) is 16.8 Å². The number of benzene rings is 1. The molecule has 1 unspecified atom stereocenters. The molecule has 0 bridgehead atoms. The summed E-state index contributed by atoms with van der Waals surface area (Å²) in [7, 11) is -1.73. The molecule has 2 heterocycles. The molecule has 1 saturated heterocycles. The number of nitrogen functional groups attached to an aromatic ring is 1. The summed E-state index contributed by atoms with van der Waals surface area (Å²) in [6.45, 7) is 11.9. The highest BCUT2D eigenvalue weighted by atomic mass is 31.2. The number of hydrogen-bond acceptors (Lipinski definition) is 11. The van der Waals surface area contributed by atoms with Crippen molar-refractivity contribution in [2.45, 2.75) is 70.7 Å². The molecule has 1 aliphatic rings. The van der Waals surface area contributed by atoms with Gasteiger partial charge in [-0.25, -0.2) is 14.3 Å². The van der Waals surface area contributed by atoms with Crippen LogP contribution in [0.2, 0.25) is 0 Å². The van der Waals surface area contributed by atoms with Gasteiger partial charge in [-0.2, -0.15) is 10.2 Å². The van der Waals surface area contributed by atoms with E-state index in [0.717, 1.165) is 0 Å². The molecule has 1 aromatic heterocycles.